The Balaban J connectivity index is 2.84. The Morgan fingerprint density at radius 3 is 2.75 bits per heavy atom. The second-order valence-corrected chi connectivity index (χ2v) is 4.78. The van der Waals surface area contributed by atoms with E-state index in [4.69, 9.17) is 5.73 Å². The molecule has 1 amide bonds. The number of carbonyl (C=O) groups excluding carboxylic acids is 1. The van der Waals surface area contributed by atoms with Crippen molar-refractivity contribution in [2.45, 2.75) is 27.2 Å². The molecule has 16 heavy (non-hydrogen) atoms. The molecule has 1 rings (SSSR count). The predicted molar refractivity (Wildman–Crippen MR) is 65.1 cm³/mol. The summed E-state index contributed by atoms with van der Waals surface area (Å²) in [6, 6.07) is 1.80. The molecule has 1 heterocycles. The van der Waals surface area contributed by atoms with Crippen molar-refractivity contribution in [1.82, 2.24) is 4.98 Å². The average molecular weight is 221 g/mol. The monoisotopic (exact) mass is 221 g/mol. The summed E-state index contributed by atoms with van der Waals surface area (Å²) >= 11 is 0. The summed E-state index contributed by atoms with van der Waals surface area (Å²) in [4.78, 5) is 15.9. The Labute approximate surface area is 96.3 Å². The third-order valence-corrected chi connectivity index (χ3v) is 2.25. The number of amides is 1. The smallest absolute Gasteiger partial charge is 0.229 e. The van der Waals surface area contributed by atoms with Crippen LogP contribution < -0.4 is 11.1 Å². The number of anilines is 1. The second-order valence-electron chi connectivity index (χ2n) is 4.78. The molecule has 3 N–H and O–H groups in total. The first-order chi connectivity index (χ1) is 7.45. The van der Waals surface area contributed by atoms with Crippen molar-refractivity contribution in [2.24, 2.45) is 11.1 Å². The van der Waals surface area contributed by atoms with Crippen LogP contribution in [0.4, 0.5) is 5.69 Å². The number of rotatable bonds is 3. The molecular formula is C12H19N3O. The van der Waals surface area contributed by atoms with Crippen LogP contribution >= 0.6 is 0 Å². The summed E-state index contributed by atoms with van der Waals surface area (Å²) in [5.74, 6) is -0.00280. The molecule has 0 aliphatic carbocycles. The van der Waals surface area contributed by atoms with Crippen molar-refractivity contribution in [3.8, 4) is 0 Å². The zero-order valence-corrected chi connectivity index (χ0v) is 10.1. The highest BCUT2D eigenvalue weighted by atomic mass is 16.2. The molecule has 0 aliphatic heterocycles. The van der Waals surface area contributed by atoms with Crippen molar-refractivity contribution in [1.29, 1.82) is 0 Å². The van der Waals surface area contributed by atoms with Crippen LogP contribution in [-0.2, 0) is 11.2 Å². The minimum absolute atomic E-state index is 0.00280. The minimum Gasteiger partial charge on any atom is -0.330 e. The van der Waals surface area contributed by atoms with Gasteiger partial charge in [0, 0.05) is 23.5 Å². The maximum atomic E-state index is 11.8. The largest absolute Gasteiger partial charge is 0.330 e. The molecule has 0 saturated heterocycles. The van der Waals surface area contributed by atoms with E-state index in [-0.39, 0.29) is 5.91 Å². The summed E-state index contributed by atoms with van der Waals surface area (Å²) in [5.41, 5.74) is 6.89. The molecule has 1 aromatic rings. The molecule has 4 heteroatoms. The maximum Gasteiger partial charge on any atom is 0.229 e. The molecule has 0 unspecified atom stereocenters. The summed E-state index contributed by atoms with van der Waals surface area (Å²) in [6.07, 6.45) is 4.12. The Kier molecular flexibility index (Phi) is 4.01. The van der Waals surface area contributed by atoms with Gasteiger partial charge in [0.1, 0.15) is 0 Å². The van der Waals surface area contributed by atoms with Crippen LogP contribution in [0.25, 0.3) is 0 Å². The molecule has 0 atom stereocenters. The quantitative estimate of drug-likeness (QED) is 0.814. The van der Waals surface area contributed by atoms with Crippen LogP contribution in [-0.4, -0.2) is 17.4 Å². The number of hydrogen-bond acceptors (Lipinski definition) is 3. The summed E-state index contributed by atoms with van der Waals surface area (Å²) in [7, 11) is 0. The Bertz CT molecular complexity index is 369. The van der Waals surface area contributed by atoms with E-state index in [1.807, 2.05) is 20.8 Å². The molecule has 0 spiro atoms. The third kappa shape index (κ3) is 3.31. The van der Waals surface area contributed by atoms with Crippen LogP contribution in [0.5, 0.6) is 0 Å². The van der Waals surface area contributed by atoms with E-state index >= 15 is 0 Å². The fraction of sp³-hybridized carbons (Fsp3) is 0.500. The lowest BCUT2D eigenvalue weighted by molar-refractivity contribution is -0.123. The van der Waals surface area contributed by atoms with Gasteiger partial charge >= 0.3 is 0 Å². The predicted octanol–water partition coefficient (Wildman–Crippen LogP) is 1.57. The number of nitrogens with zero attached hydrogens (tertiary/aromatic N) is 1. The highest BCUT2D eigenvalue weighted by Gasteiger charge is 2.21. The fourth-order valence-corrected chi connectivity index (χ4v) is 1.21. The minimum atomic E-state index is -0.400. The van der Waals surface area contributed by atoms with E-state index in [0.717, 1.165) is 11.3 Å². The zero-order valence-electron chi connectivity index (χ0n) is 10.1. The molecule has 0 fully saturated rings. The lowest BCUT2D eigenvalue weighted by Crippen LogP contribution is -2.28. The van der Waals surface area contributed by atoms with Crippen molar-refractivity contribution >= 4 is 11.6 Å². The van der Waals surface area contributed by atoms with Gasteiger partial charge in [0.25, 0.3) is 0 Å². The molecule has 0 aliphatic rings. The van der Waals surface area contributed by atoms with Gasteiger partial charge in [-0.3, -0.25) is 9.78 Å². The van der Waals surface area contributed by atoms with Crippen LogP contribution in [0.3, 0.4) is 0 Å². The molecular weight excluding hydrogens is 202 g/mol. The van der Waals surface area contributed by atoms with Crippen LogP contribution in [0.15, 0.2) is 18.5 Å². The molecule has 0 aromatic carbocycles. The summed E-state index contributed by atoms with van der Waals surface area (Å²) in [5, 5.41) is 2.90. The molecule has 4 nitrogen and oxygen atoms in total. The van der Waals surface area contributed by atoms with Crippen LogP contribution in [0.1, 0.15) is 26.3 Å². The lowest BCUT2D eigenvalue weighted by atomic mass is 9.95. The Hall–Kier alpha value is -1.42. The summed E-state index contributed by atoms with van der Waals surface area (Å²) < 4.78 is 0. The molecule has 0 saturated carbocycles. The first-order valence-corrected chi connectivity index (χ1v) is 5.39. The zero-order chi connectivity index (χ0) is 12.2. The van der Waals surface area contributed by atoms with Gasteiger partial charge in [-0.25, -0.2) is 0 Å². The van der Waals surface area contributed by atoms with Gasteiger partial charge in [-0.2, -0.15) is 0 Å². The van der Waals surface area contributed by atoms with E-state index in [9.17, 15) is 4.79 Å². The molecule has 88 valence electrons. The van der Waals surface area contributed by atoms with E-state index in [1.165, 1.54) is 0 Å². The number of hydrogen-bond donors (Lipinski definition) is 2. The van der Waals surface area contributed by atoms with Crippen LogP contribution in [0, 0.1) is 5.41 Å². The number of aromatic nitrogens is 1. The van der Waals surface area contributed by atoms with E-state index < -0.39 is 5.41 Å². The number of nitrogens with one attached hydrogen (secondary N) is 1. The van der Waals surface area contributed by atoms with Gasteiger partial charge < -0.3 is 11.1 Å². The highest BCUT2D eigenvalue weighted by Crippen LogP contribution is 2.19. The van der Waals surface area contributed by atoms with E-state index in [1.54, 1.807) is 18.5 Å². The number of carbonyl (C=O) groups is 1. The van der Waals surface area contributed by atoms with Crippen LogP contribution in [0.2, 0.25) is 0 Å². The van der Waals surface area contributed by atoms with Gasteiger partial charge in [0.15, 0.2) is 0 Å². The van der Waals surface area contributed by atoms with E-state index in [0.29, 0.717) is 13.0 Å². The molecule has 0 bridgehead atoms. The summed E-state index contributed by atoms with van der Waals surface area (Å²) in [6.45, 7) is 6.19. The van der Waals surface area contributed by atoms with Gasteiger partial charge in [0.2, 0.25) is 5.91 Å². The number of nitrogens with two attached hydrogens (primary N) is 1. The van der Waals surface area contributed by atoms with Gasteiger partial charge in [-0.15, -0.1) is 0 Å². The highest BCUT2D eigenvalue weighted by molar-refractivity contribution is 5.95. The fourth-order valence-electron chi connectivity index (χ4n) is 1.21. The first-order valence-electron chi connectivity index (χ1n) is 5.39. The lowest BCUT2D eigenvalue weighted by Gasteiger charge is -2.19. The normalized spacial score (nSPS) is 11.2. The third-order valence-electron chi connectivity index (χ3n) is 2.25. The van der Waals surface area contributed by atoms with Crippen molar-refractivity contribution < 1.29 is 4.79 Å². The van der Waals surface area contributed by atoms with Gasteiger partial charge in [-0.05, 0) is 24.6 Å². The average Bonchev–Trinajstić information content (AvgIpc) is 2.20. The standard InChI is InChI=1S/C12H19N3O/c1-12(2,3)11(16)15-10-5-7-14-8-9(10)4-6-13/h5,7-8H,4,6,13H2,1-3H3,(H,14,15,16). The van der Waals surface area contributed by atoms with Gasteiger partial charge in [-0.1, -0.05) is 20.8 Å². The van der Waals surface area contributed by atoms with Crippen molar-refractivity contribution in [2.75, 3.05) is 11.9 Å². The molecule has 0 radical (unpaired) electrons. The first kappa shape index (κ1) is 12.6. The van der Waals surface area contributed by atoms with Crippen molar-refractivity contribution in [3.63, 3.8) is 0 Å². The second kappa shape index (κ2) is 5.07. The molecule has 1 aromatic heterocycles. The van der Waals surface area contributed by atoms with E-state index in [2.05, 4.69) is 10.3 Å². The Morgan fingerprint density at radius 2 is 2.19 bits per heavy atom. The van der Waals surface area contributed by atoms with Gasteiger partial charge in [0.05, 0.1) is 0 Å². The number of pyridine rings is 1. The Morgan fingerprint density at radius 1 is 1.50 bits per heavy atom. The van der Waals surface area contributed by atoms with Crippen molar-refractivity contribution in [3.05, 3.63) is 24.0 Å². The topological polar surface area (TPSA) is 68.0 Å². The SMILES string of the molecule is CC(C)(C)C(=O)Nc1ccncc1CCN. The maximum absolute atomic E-state index is 11.8.